The van der Waals surface area contributed by atoms with Crippen molar-refractivity contribution < 1.29 is 48.4 Å². The van der Waals surface area contributed by atoms with Crippen molar-refractivity contribution in [2.75, 3.05) is 19.5 Å². The molecule has 0 N–H and O–H groups in total. The molecule has 31 heavy (non-hydrogen) atoms. The second kappa shape index (κ2) is 8.94. The zero-order chi connectivity index (χ0) is 23.5. The van der Waals surface area contributed by atoms with Gasteiger partial charge in [0.15, 0.2) is 13.2 Å². The molecule has 0 amide bonds. The van der Waals surface area contributed by atoms with E-state index in [0.29, 0.717) is 12.1 Å². The molecule has 2 aromatic rings. The number of alkyl halides is 6. The van der Waals surface area contributed by atoms with Gasteiger partial charge in [-0.3, -0.25) is 0 Å². The normalized spacial score (nSPS) is 14.5. The first-order valence-corrected chi connectivity index (χ1v) is 11.5. The predicted octanol–water partition coefficient (Wildman–Crippen LogP) is 4.41. The lowest BCUT2D eigenvalue weighted by molar-refractivity contribution is -0.154. The summed E-state index contributed by atoms with van der Waals surface area (Å²) < 4.78 is 125. The second-order valence-corrected chi connectivity index (χ2v) is 10.1. The molecule has 0 fully saturated rings. The summed E-state index contributed by atoms with van der Waals surface area (Å²) in [6.45, 7) is -3.65. The van der Waals surface area contributed by atoms with Crippen LogP contribution in [-0.2, 0) is 19.8 Å². The van der Waals surface area contributed by atoms with Gasteiger partial charge in [0.2, 0.25) is 0 Å². The molecule has 172 valence electrons. The Morgan fingerprint density at radius 1 is 0.839 bits per heavy atom. The summed E-state index contributed by atoms with van der Waals surface area (Å²) >= 11 is 0. The van der Waals surface area contributed by atoms with Crippen molar-refractivity contribution in [3.63, 3.8) is 0 Å². The summed E-state index contributed by atoms with van der Waals surface area (Å²) in [5.41, 5.74) is 0. The average molecular weight is 491 g/mol. The molecule has 0 aliphatic carbocycles. The van der Waals surface area contributed by atoms with Crippen LogP contribution in [0.15, 0.2) is 62.1 Å². The van der Waals surface area contributed by atoms with Crippen LogP contribution in [0.5, 0.6) is 11.5 Å². The second-order valence-electron chi connectivity index (χ2n) is 6.08. The van der Waals surface area contributed by atoms with Crippen molar-refractivity contribution in [2.24, 2.45) is 3.77 Å². The number of hydrogen-bond donors (Lipinski definition) is 0. The summed E-state index contributed by atoms with van der Waals surface area (Å²) in [5.74, 6) is -1.46. The SMILES string of the molecule is CS(=O)(=NS(=O)(=O)c1cc(OCC(F)(F)F)ccc1OCC(F)(F)F)c1ccccc1. The van der Waals surface area contributed by atoms with Gasteiger partial charge in [0, 0.05) is 17.2 Å². The Hall–Kier alpha value is -2.48. The lowest BCUT2D eigenvalue weighted by Crippen LogP contribution is -2.21. The third-order valence-electron chi connectivity index (χ3n) is 3.41. The van der Waals surface area contributed by atoms with Crippen LogP contribution in [0.25, 0.3) is 0 Å². The Labute approximate surface area is 174 Å². The summed E-state index contributed by atoms with van der Waals surface area (Å²) in [6.07, 6.45) is -8.59. The van der Waals surface area contributed by atoms with E-state index >= 15 is 0 Å². The maximum atomic E-state index is 12.8. The van der Waals surface area contributed by atoms with E-state index in [4.69, 9.17) is 0 Å². The number of sulfonamides is 1. The molecule has 0 saturated heterocycles. The van der Waals surface area contributed by atoms with Crippen LogP contribution in [0.3, 0.4) is 0 Å². The molecule has 0 aromatic heterocycles. The molecule has 0 aliphatic rings. The molecule has 0 heterocycles. The highest BCUT2D eigenvalue weighted by atomic mass is 32.3. The maximum absolute atomic E-state index is 12.8. The Bertz CT molecular complexity index is 1140. The van der Waals surface area contributed by atoms with Gasteiger partial charge < -0.3 is 9.47 Å². The third kappa shape index (κ3) is 7.61. The summed E-state index contributed by atoms with van der Waals surface area (Å²) in [6, 6.07) is 9.16. The first kappa shape index (κ1) is 24.8. The molecule has 1 unspecified atom stereocenters. The summed E-state index contributed by atoms with van der Waals surface area (Å²) in [4.78, 5) is -1.01. The zero-order valence-corrected chi connectivity index (χ0v) is 17.2. The highest BCUT2D eigenvalue weighted by molar-refractivity contribution is 8.03. The molecule has 1 atom stereocenters. The molecule has 0 spiro atoms. The van der Waals surface area contributed by atoms with E-state index in [1.165, 1.54) is 24.3 Å². The standard InChI is InChI=1S/C17H15F6NO5S2/c1-30(25,13-5-3-2-4-6-13)24-31(26,27)15-9-12(28-10-16(18,19)20)7-8-14(15)29-11-17(21,22)23/h2-9H,10-11H2,1H3. The van der Waals surface area contributed by atoms with Crippen LogP contribution < -0.4 is 9.47 Å². The molecule has 0 aliphatic heterocycles. The maximum Gasteiger partial charge on any atom is 0.422 e. The van der Waals surface area contributed by atoms with Gasteiger partial charge in [-0.05, 0) is 24.3 Å². The Morgan fingerprint density at radius 3 is 1.94 bits per heavy atom. The first-order chi connectivity index (χ1) is 14.1. The lowest BCUT2D eigenvalue weighted by atomic mass is 10.3. The predicted molar refractivity (Wildman–Crippen MR) is 97.9 cm³/mol. The molecular formula is C17H15F6NO5S2. The van der Waals surface area contributed by atoms with E-state index < -0.39 is 61.7 Å². The summed E-state index contributed by atoms with van der Waals surface area (Å²) in [7, 11) is -8.53. The number of ether oxygens (including phenoxy) is 2. The summed E-state index contributed by atoms with van der Waals surface area (Å²) in [5, 5.41) is 0. The fourth-order valence-electron chi connectivity index (χ4n) is 2.17. The largest absolute Gasteiger partial charge is 0.484 e. The molecule has 2 aromatic carbocycles. The fraction of sp³-hybridized carbons (Fsp3) is 0.294. The minimum atomic E-state index is -4.94. The van der Waals surface area contributed by atoms with E-state index in [0.717, 1.165) is 12.3 Å². The fourth-order valence-corrected chi connectivity index (χ4v) is 5.64. The third-order valence-corrected chi connectivity index (χ3v) is 7.35. The van der Waals surface area contributed by atoms with Gasteiger partial charge >= 0.3 is 12.4 Å². The number of benzene rings is 2. The highest BCUT2D eigenvalue weighted by Gasteiger charge is 2.32. The van der Waals surface area contributed by atoms with E-state index in [1.54, 1.807) is 6.07 Å². The number of halogens is 6. The quantitative estimate of drug-likeness (QED) is 0.536. The van der Waals surface area contributed by atoms with Gasteiger partial charge in [-0.2, -0.15) is 34.8 Å². The first-order valence-electron chi connectivity index (χ1n) is 8.16. The molecule has 2 rings (SSSR count). The van der Waals surface area contributed by atoms with Gasteiger partial charge in [0.1, 0.15) is 16.4 Å². The van der Waals surface area contributed by atoms with Crippen LogP contribution in [0, 0.1) is 0 Å². The molecule has 0 radical (unpaired) electrons. The molecular weight excluding hydrogens is 476 g/mol. The van der Waals surface area contributed by atoms with Crippen molar-refractivity contribution in [2.45, 2.75) is 22.1 Å². The lowest BCUT2D eigenvalue weighted by Gasteiger charge is -2.15. The van der Waals surface area contributed by atoms with E-state index in [9.17, 15) is 39.0 Å². The Kier molecular flexibility index (Phi) is 7.15. The number of hydrogen-bond acceptors (Lipinski definition) is 5. The number of nitrogens with zero attached hydrogens (tertiary/aromatic N) is 1. The van der Waals surface area contributed by atoms with Gasteiger partial charge in [-0.15, -0.1) is 3.77 Å². The van der Waals surface area contributed by atoms with Crippen molar-refractivity contribution in [1.29, 1.82) is 0 Å². The van der Waals surface area contributed by atoms with Crippen molar-refractivity contribution in [1.82, 2.24) is 0 Å². The molecule has 6 nitrogen and oxygen atoms in total. The van der Waals surface area contributed by atoms with Crippen LogP contribution in [-0.4, -0.2) is 44.4 Å². The average Bonchev–Trinajstić information content (AvgIpc) is 2.63. The van der Waals surface area contributed by atoms with Crippen LogP contribution >= 0.6 is 0 Å². The van der Waals surface area contributed by atoms with Gasteiger partial charge in [0.05, 0.1) is 9.73 Å². The zero-order valence-electron chi connectivity index (χ0n) is 15.6. The topological polar surface area (TPSA) is 82.0 Å². The van der Waals surface area contributed by atoms with Crippen LogP contribution in [0.4, 0.5) is 26.3 Å². The minimum Gasteiger partial charge on any atom is -0.484 e. The van der Waals surface area contributed by atoms with Crippen LogP contribution in [0.2, 0.25) is 0 Å². The van der Waals surface area contributed by atoms with Gasteiger partial charge in [0.25, 0.3) is 10.0 Å². The van der Waals surface area contributed by atoms with E-state index in [-0.39, 0.29) is 4.90 Å². The van der Waals surface area contributed by atoms with Crippen molar-refractivity contribution >= 4 is 19.8 Å². The minimum absolute atomic E-state index is 0.0146. The van der Waals surface area contributed by atoms with Crippen molar-refractivity contribution in [3.8, 4) is 11.5 Å². The van der Waals surface area contributed by atoms with Crippen LogP contribution in [0.1, 0.15) is 0 Å². The monoisotopic (exact) mass is 491 g/mol. The Balaban J connectivity index is 2.55. The van der Waals surface area contributed by atoms with E-state index in [2.05, 4.69) is 13.2 Å². The molecule has 0 bridgehead atoms. The molecule has 0 saturated carbocycles. The van der Waals surface area contributed by atoms with Gasteiger partial charge in [-0.25, -0.2) is 4.21 Å². The van der Waals surface area contributed by atoms with E-state index in [1.807, 2.05) is 0 Å². The highest BCUT2D eigenvalue weighted by Crippen LogP contribution is 2.33. The molecule has 14 heteroatoms. The van der Waals surface area contributed by atoms with Crippen molar-refractivity contribution in [3.05, 3.63) is 48.5 Å². The number of rotatable bonds is 7. The smallest absolute Gasteiger partial charge is 0.422 e. The van der Waals surface area contributed by atoms with Gasteiger partial charge in [-0.1, -0.05) is 18.2 Å². The Morgan fingerprint density at radius 2 is 1.39 bits per heavy atom.